The molecule has 2 aromatic carbocycles. The Hall–Kier alpha value is -2.60. The summed E-state index contributed by atoms with van der Waals surface area (Å²) >= 11 is 5.13. The lowest BCUT2D eigenvalue weighted by molar-refractivity contribution is -0.113. The quantitative estimate of drug-likeness (QED) is 0.675. The van der Waals surface area contributed by atoms with Gasteiger partial charge in [-0.05, 0) is 60.6 Å². The molecular weight excluding hydrogens is 318 g/mol. The van der Waals surface area contributed by atoms with Crippen molar-refractivity contribution in [1.29, 1.82) is 0 Å². The first kappa shape index (κ1) is 15.3. The number of para-hydroxylation sites is 1. The average Bonchev–Trinajstić information content (AvgIpc) is 2.78. The molecule has 0 aromatic heterocycles. The zero-order valence-electron chi connectivity index (χ0n) is 12.1. The van der Waals surface area contributed by atoms with Gasteiger partial charge in [0.05, 0.1) is 5.69 Å². The molecule has 0 bridgehead atoms. The van der Waals surface area contributed by atoms with Gasteiger partial charge in [-0.15, -0.1) is 0 Å². The first-order valence-corrected chi connectivity index (χ1v) is 7.26. The zero-order chi connectivity index (χ0) is 16.6. The van der Waals surface area contributed by atoms with E-state index in [2.05, 4.69) is 5.32 Å². The van der Waals surface area contributed by atoms with Crippen molar-refractivity contribution in [3.63, 3.8) is 0 Å². The fourth-order valence-electron chi connectivity index (χ4n) is 2.31. The monoisotopic (exact) mass is 330 g/mol. The van der Waals surface area contributed by atoms with Gasteiger partial charge in [-0.3, -0.25) is 4.79 Å². The predicted octanol–water partition coefficient (Wildman–Crippen LogP) is 3.54. The Morgan fingerprint density at radius 1 is 1.13 bits per heavy atom. The molecule has 0 spiro atoms. The smallest absolute Gasteiger partial charge is 0.281 e. The Bertz CT molecular complexity index is 848. The fraction of sp³-hybridized carbons (Fsp3) is 0.0588. The molecule has 2 aromatic rings. The first-order chi connectivity index (χ1) is 11.0. The number of benzene rings is 2. The molecule has 1 fully saturated rings. The van der Waals surface area contributed by atoms with E-state index in [-0.39, 0.29) is 22.3 Å². The molecular formula is C17H12F2N2OS. The van der Waals surface area contributed by atoms with Crippen LogP contribution in [0, 0.1) is 18.6 Å². The summed E-state index contributed by atoms with van der Waals surface area (Å²) in [5.41, 5.74) is 1.43. The van der Waals surface area contributed by atoms with Crippen LogP contribution in [0.2, 0.25) is 0 Å². The van der Waals surface area contributed by atoms with E-state index in [1.807, 2.05) is 0 Å². The van der Waals surface area contributed by atoms with Crippen molar-refractivity contribution in [3.05, 3.63) is 70.9 Å². The van der Waals surface area contributed by atoms with Gasteiger partial charge in [0.1, 0.15) is 17.3 Å². The predicted molar refractivity (Wildman–Crippen MR) is 88.7 cm³/mol. The van der Waals surface area contributed by atoms with Gasteiger partial charge in [-0.1, -0.05) is 18.2 Å². The highest BCUT2D eigenvalue weighted by Crippen LogP contribution is 2.25. The van der Waals surface area contributed by atoms with E-state index < -0.39 is 11.7 Å². The Morgan fingerprint density at radius 2 is 1.87 bits per heavy atom. The van der Waals surface area contributed by atoms with Crippen molar-refractivity contribution >= 4 is 35.0 Å². The maximum Gasteiger partial charge on any atom is 0.281 e. The average molecular weight is 330 g/mol. The molecule has 0 saturated carbocycles. The molecule has 116 valence electrons. The molecule has 0 radical (unpaired) electrons. The number of halogens is 2. The molecule has 3 nitrogen and oxygen atoms in total. The molecule has 1 heterocycles. The van der Waals surface area contributed by atoms with Gasteiger partial charge in [-0.25, -0.2) is 13.7 Å². The van der Waals surface area contributed by atoms with Crippen molar-refractivity contribution in [1.82, 2.24) is 5.32 Å². The van der Waals surface area contributed by atoms with E-state index in [1.54, 1.807) is 31.2 Å². The molecule has 23 heavy (non-hydrogen) atoms. The van der Waals surface area contributed by atoms with Crippen LogP contribution in [-0.2, 0) is 4.79 Å². The summed E-state index contributed by atoms with van der Waals surface area (Å²) in [6, 6.07) is 10.4. The number of thiocarbonyl (C=S) groups is 1. The minimum Gasteiger partial charge on any atom is -0.327 e. The summed E-state index contributed by atoms with van der Waals surface area (Å²) in [4.78, 5) is 13.6. The van der Waals surface area contributed by atoms with Gasteiger partial charge in [-0.2, -0.15) is 0 Å². The summed E-state index contributed by atoms with van der Waals surface area (Å²) in [6.45, 7) is 1.64. The lowest BCUT2D eigenvalue weighted by Crippen LogP contribution is -2.31. The van der Waals surface area contributed by atoms with E-state index >= 15 is 0 Å². The van der Waals surface area contributed by atoms with Crippen LogP contribution < -0.4 is 10.2 Å². The number of carbonyl (C=O) groups is 1. The number of nitrogens with one attached hydrogen (secondary N) is 1. The van der Waals surface area contributed by atoms with E-state index in [0.29, 0.717) is 11.1 Å². The molecule has 3 rings (SSSR count). The van der Waals surface area contributed by atoms with Crippen molar-refractivity contribution in [2.24, 2.45) is 0 Å². The van der Waals surface area contributed by atoms with Gasteiger partial charge < -0.3 is 5.32 Å². The molecule has 6 heteroatoms. The second-order valence-corrected chi connectivity index (χ2v) is 5.48. The zero-order valence-corrected chi connectivity index (χ0v) is 13.0. The second-order valence-electron chi connectivity index (χ2n) is 5.09. The van der Waals surface area contributed by atoms with Crippen molar-refractivity contribution < 1.29 is 13.6 Å². The van der Waals surface area contributed by atoms with Gasteiger partial charge in [0.2, 0.25) is 0 Å². The molecule has 0 atom stereocenters. The number of nitrogens with zero attached hydrogens (tertiary/aromatic N) is 1. The molecule has 1 N–H and O–H groups in total. The summed E-state index contributed by atoms with van der Waals surface area (Å²) in [7, 11) is 0. The Balaban J connectivity index is 1.96. The van der Waals surface area contributed by atoms with Crippen LogP contribution >= 0.6 is 12.2 Å². The standard InChI is InChI=1S/C17H12F2N2OS/c1-10-8-11(6-7-12(10)18)9-14-16(22)21(17(23)20-14)15-5-3-2-4-13(15)19/h2-9H,1H3,(H,20,23)/b14-9-. The van der Waals surface area contributed by atoms with E-state index in [9.17, 15) is 13.6 Å². The highest BCUT2D eigenvalue weighted by molar-refractivity contribution is 7.80. The highest BCUT2D eigenvalue weighted by Gasteiger charge is 2.33. The number of aryl methyl sites for hydroxylation is 1. The topological polar surface area (TPSA) is 32.3 Å². The summed E-state index contributed by atoms with van der Waals surface area (Å²) < 4.78 is 27.2. The van der Waals surface area contributed by atoms with Crippen LogP contribution in [0.3, 0.4) is 0 Å². The molecule has 0 aliphatic carbocycles. The van der Waals surface area contributed by atoms with Crippen LogP contribution in [0.4, 0.5) is 14.5 Å². The molecule has 1 amide bonds. The number of hydrogen-bond acceptors (Lipinski definition) is 2. The van der Waals surface area contributed by atoms with Crippen molar-refractivity contribution in [2.75, 3.05) is 4.90 Å². The van der Waals surface area contributed by atoms with Crippen LogP contribution in [0.5, 0.6) is 0 Å². The van der Waals surface area contributed by atoms with Gasteiger partial charge in [0.15, 0.2) is 5.11 Å². The highest BCUT2D eigenvalue weighted by atomic mass is 32.1. The lowest BCUT2D eigenvalue weighted by atomic mass is 10.1. The van der Waals surface area contributed by atoms with E-state index in [1.165, 1.54) is 24.3 Å². The minimum atomic E-state index is -0.538. The normalized spacial score (nSPS) is 16.1. The lowest BCUT2D eigenvalue weighted by Gasteiger charge is -2.14. The van der Waals surface area contributed by atoms with Crippen LogP contribution in [0.25, 0.3) is 6.08 Å². The molecule has 1 aliphatic heterocycles. The third-order valence-corrected chi connectivity index (χ3v) is 3.75. The SMILES string of the molecule is Cc1cc(/C=C2\NC(=S)N(c3ccccc3F)C2=O)ccc1F. The fourth-order valence-corrected chi connectivity index (χ4v) is 2.60. The van der Waals surface area contributed by atoms with Gasteiger partial charge in [0.25, 0.3) is 5.91 Å². The summed E-state index contributed by atoms with van der Waals surface area (Å²) in [5, 5.41) is 2.87. The van der Waals surface area contributed by atoms with E-state index in [4.69, 9.17) is 12.2 Å². The molecule has 0 unspecified atom stereocenters. The van der Waals surface area contributed by atoms with Gasteiger partial charge in [0, 0.05) is 0 Å². The number of amides is 1. The van der Waals surface area contributed by atoms with Crippen LogP contribution in [-0.4, -0.2) is 11.0 Å². The number of rotatable bonds is 2. The summed E-state index contributed by atoms with van der Waals surface area (Å²) in [5.74, 6) is -1.31. The summed E-state index contributed by atoms with van der Waals surface area (Å²) in [6.07, 6.45) is 1.56. The Morgan fingerprint density at radius 3 is 2.57 bits per heavy atom. The molecule has 1 saturated heterocycles. The molecule has 1 aliphatic rings. The van der Waals surface area contributed by atoms with Crippen molar-refractivity contribution in [3.8, 4) is 0 Å². The third-order valence-electron chi connectivity index (χ3n) is 3.46. The number of anilines is 1. The maximum atomic E-state index is 13.9. The minimum absolute atomic E-state index is 0.0914. The third kappa shape index (κ3) is 2.85. The van der Waals surface area contributed by atoms with Gasteiger partial charge >= 0.3 is 0 Å². The Kier molecular flexibility index (Phi) is 3.92. The second kappa shape index (κ2) is 5.89. The maximum absolute atomic E-state index is 13.9. The number of carbonyl (C=O) groups excluding carboxylic acids is 1. The Labute approximate surface area is 137 Å². The van der Waals surface area contributed by atoms with Crippen LogP contribution in [0.1, 0.15) is 11.1 Å². The van der Waals surface area contributed by atoms with Crippen LogP contribution in [0.15, 0.2) is 48.2 Å². The number of hydrogen-bond donors (Lipinski definition) is 1. The van der Waals surface area contributed by atoms with E-state index in [0.717, 1.165) is 4.90 Å². The van der Waals surface area contributed by atoms with Crippen molar-refractivity contribution in [2.45, 2.75) is 6.92 Å². The largest absolute Gasteiger partial charge is 0.327 e. The first-order valence-electron chi connectivity index (χ1n) is 6.85.